The summed E-state index contributed by atoms with van der Waals surface area (Å²) in [6.45, 7) is 3.80. The Balaban J connectivity index is 1.46. The van der Waals surface area contributed by atoms with Gasteiger partial charge in [0.05, 0.1) is 16.6 Å². The SMILES string of the molecule is C=CC(=O)NC1CCN(S(=O)(=O)c2ccc(NC(=O)OCc3ccccc3)cc2)c2ccccc21. The Labute approximate surface area is 204 Å². The van der Waals surface area contributed by atoms with Crippen LogP contribution >= 0.6 is 0 Å². The second-order valence-corrected chi connectivity index (χ2v) is 9.76. The third-order valence-corrected chi connectivity index (χ3v) is 7.43. The number of carbonyl (C=O) groups excluding carboxylic acids is 2. The summed E-state index contributed by atoms with van der Waals surface area (Å²) in [6, 6.07) is 22.0. The maximum Gasteiger partial charge on any atom is 0.411 e. The van der Waals surface area contributed by atoms with E-state index in [1.54, 1.807) is 24.3 Å². The summed E-state index contributed by atoms with van der Waals surface area (Å²) in [5, 5.41) is 5.45. The van der Waals surface area contributed by atoms with Gasteiger partial charge >= 0.3 is 6.09 Å². The lowest BCUT2D eigenvalue weighted by Gasteiger charge is -2.35. The van der Waals surface area contributed by atoms with Crippen LogP contribution in [-0.4, -0.2) is 27.0 Å². The molecule has 4 rings (SSSR count). The van der Waals surface area contributed by atoms with Crippen LogP contribution < -0.4 is 14.9 Å². The Morgan fingerprint density at radius 2 is 1.69 bits per heavy atom. The van der Waals surface area contributed by atoms with Gasteiger partial charge < -0.3 is 10.1 Å². The van der Waals surface area contributed by atoms with Gasteiger partial charge in [0.25, 0.3) is 10.0 Å². The van der Waals surface area contributed by atoms with E-state index < -0.39 is 16.1 Å². The molecule has 0 bridgehead atoms. The summed E-state index contributed by atoms with van der Waals surface area (Å²) < 4.78 is 33.4. The second kappa shape index (κ2) is 10.4. The average molecular weight is 492 g/mol. The summed E-state index contributed by atoms with van der Waals surface area (Å²) in [7, 11) is -3.87. The van der Waals surface area contributed by atoms with Crippen LogP contribution in [0.15, 0.2) is 96.4 Å². The van der Waals surface area contributed by atoms with Crippen LogP contribution in [0.25, 0.3) is 0 Å². The van der Waals surface area contributed by atoms with Crippen molar-refractivity contribution >= 4 is 33.4 Å². The van der Waals surface area contributed by atoms with Gasteiger partial charge in [-0.25, -0.2) is 13.2 Å². The highest BCUT2D eigenvalue weighted by molar-refractivity contribution is 7.92. The minimum Gasteiger partial charge on any atom is -0.444 e. The number of hydrogen-bond acceptors (Lipinski definition) is 5. The fraction of sp³-hybridized carbons (Fsp3) is 0.154. The molecule has 0 aromatic heterocycles. The first kappa shape index (κ1) is 24.0. The summed E-state index contributed by atoms with van der Waals surface area (Å²) in [5.74, 6) is -0.313. The summed E-state index contributed by atoms with van der Waals surface area (Å²) in [6.07, 6.45) is 0.976. The molecule has 2 amide bonds. The van der Waals surface area contributed by atoms with E-state index in [0.29, 0.717) is 17.8 Å². The molecule has 8 nitrogen and oxygen atoms in total. The highest BCUT2D eigenvalue weighted by atomic mass is 32.2. The molecule has 9 heteroatoms. The van der Waals surface area contributed by atoms with Crippen LogP contribution in [0.5, 0.6) is 0 Å². The Morgan fingerprint density at radius 3 is 2.40 bits per heavy atom. The molecule has 1 unspecified atom stereocenters. The molecule has 180 valence electrons. The van der Waals surface area contributed by atoms with Gasteiger partial charge in [0.2, 0.25) is 5.91 Å². The number of nitrogens with zero attached hydrogens (tertiary/aromatic N) is 1. The van der Waals surface area contributed by atoms with Crippen molar-refractivity contribution in [2.45, 2.75) is 24.0 Å². The molecule has 0 saturated heterocycles. The first-order chi connectivity index (χ1) is 16.9. The van der Waals surface area contributed by atoms with Gasteiger partial charge in [-0.2, -0.15) is 0 Å². The topological polar surface area (TPSA) is 105 Å². The number of rotatable bonds is 7. The Kier molecular flexibility index (Phi) is 7.17. The van der Waals surface area contributed by atoms with Gasteiger partial charge in [-0.3, -0.25) is 14.4 Å². The fourth-order valence-corrected chi connectivity index (χ4v) is 5.38. The van der Waals surface area contributed by atoms with E-state index in [0.717, 1.165) is 11.1 Å². The third-order valence-electron chi connectivity index (χ3n) is 5.61. The third kappa shape index (κ3) is 5.52. The first-order valence-corrected chi connectivity index (χ1v) is 12.4. The zero-order valence-electron chi connectivity index (χ0n) is 18.9. The number of fused-ring (bicyclic) bond motifs is 1. The largest absolute Gasteiger partial charge is 0.444 e. The average Bonchev–Trinajstić information content (AvgIpc) is 2.88. The number of para-hydroxylation sites is 1. The summed E-state index contributed by atoms with van der Waals surface area (Å²) in [5.41, 5.74) is 2.50. The van der Waals surface area contributed by atoms with Crippen molar-refractivity contribution in [2.75, 3.05) is 16.2 Å². The van der Waals surface area contributed by atoms with Crippen molar-refractivity contribution in [3.63, 3.8) is 0 Å². The van der Waals surface area contributed by atoms with Crippen LogP contribution in [0.2, 0.25) is 0 Å². The molecule has 0 radical (unpaired) electrons. The minimum atomic E-state index is -3.87. The second-order valence-electron chi connectivity index (χ2n) is 7.90. The zero-order valence-corrected chi connectivity index (χ0v) is 19.7. The molecule has 0 fully saturated rings. The van der Waals surface area contributed by atoms with E-state index in [1.807, 2.05) is 30.3 Å². The number of amides is 2. The standard InChI is InChI=1S/C26H25N3O5S/c1-2-25(30)28-23-16-17-29(24-11-7-6-10-22(23)24)35(32,33)21-14-12-20(13-15-21)27-26(31)34-18-19-8-4-3-5-9-19/h2-15,23H,1,16-18H2,(H,27,31)(H,28,30). The molecule has 35 heavy (non-hydrogen) atoms. The lowest BCUT2D eigenvalue weighted by atomic mass is 9.98. The van der Waals surface area contributed by atoms with Crippen molar-refractivity contribution in [1.29, 1.82) is 0 Å². The predicted octanol–water partition coefficient (Wildman–Crippen LogP) is 4.38. The maximum atomic E-state index is 13.4. The van der Waals surface area contributed by atoms with E-state index in [1.165, 1.54) is 34.6 Å². The van der Waals surface area contributed by atoms with Gasteiger partial charge in [-0.1, -0.05) is 55.1 Å². The minimum absolute atomic E-state index is 0.0871. The van der Waals surface area contributed by atoms with Crippen molar-refractivity contribution in [1.82, 2.24) is 5.32 Å². The van der Waals surface area contributed by atoms with Crippen LogP contribution in [0.3, 0.4) is 0 Å². The van der Waals surface area contributed by atoms with Gasteiger partial charge in [0, 0.05) is 12.2 Å². The normalized spacial score (nSPS) is 15.0. The van der Waals surface area contributed by atoms with Gasteiger partial charge in [0.1, 0.15) is 6.61 Å². The number of carbonyl (C=O) groups is 2. The van der Waals surface area contributed by atoms with Crippen LogP contribution in [0, 0.1) is 0 Å². The zero-order chi connectivity index (χ0) is 24.8. The smallest absolute Gasteiger partial charge is 0.411 e. The van der Waals surface area contributed by atoms with E-state index in [-0.39, 0.29) is 30.0 Å². The van der Waals surface area contributed by atoms with E-state index in [2.05, 4.69) is 17.2 Å². The Morgan fingerprint density at radius 1 is 1.00 bits per heavy atom. The number of anilines is 2. The van der Waals surface area contributed by atoms with E-state index >= 15 is 0 Å². The fourth-order valence-electron chi connectivity index (χ4n) is 3.88. The molecule has 1 aliphatic rings. The Bertz CT molecular complexity index is 1320. The Hall–Kier alpha value is -4.11. The van der Waals surface area contributed by atoms with Crippen molar-refractivity contribution in [3.8, 4) is 0 Å². The molecule has 3 aromatic carbocycles. The van der Waals surface area contributed by atoms with Gasteiger partial charge in [-0.05, 0) is 54.0 Å². The summed E-state index contributed by atoms with van der Waals surface area (Å²) >= 11 is 0. The highest BCUT2D eigenvalue weighted by Gasteiger charge is 2.33. The molecule has 0 saturated carbocycles. The molecule has 1 atom stereocenters. The molecule has 1 heterocycles. The number of benzene rings is 3. The number of sulfonamides is 1. The molecule has 3 aromatic rings. The molecular weight excluding hydrogens is 466 g/mol. The molecular formula is C26H25N3O5S. The molecule has 2 N–H and O–H groups in total. The monoisotopic (exact) mass is 491 g/mol. The first-order valence-electron chi connectivity index (χ1n) is 11.0. The van der Waals surface area contributed by atoms with Gasteiger partial charge in [-0.15, -0.1) is 0 Å². The summed E-state index contributed by atoms with van der Waals surface area (Å²) in [4.78, 5) is 24.0. The highest BCUT2D eigenvalue weighted by Crippen LogP contribution is 2.37. The number of hydrogen-bond donors (Lipinski definition) is 2. The lowest BCUT2D eigenvalue weighted by molar-refractivity contribution is -0.117. The predicted molar refractivity (Wildman–Crippen MR) is 133 cm³/mol. The van der Waals surface area contributed by atoms with Crippen LogP contribution in [-0.2, 0) is 26.2 Å². The molecule has 0 spiro atoms. The van der Waals surface area contributed by atoms with E-state index in [9.17, 15) is 18.0 Å². The maximum absolute atomic E-state index is 13.4. The molecule has 1 aliphatic heterocycles. The van der Waals surface area contributed by atoms with Crippen LogP contribution in [0.1, 0.15) is 23.6 Å². The number of nitrogens with one attached hydrogen (secondary N) is 2. The number of ether oxygens (including phenoxy) is 1. The van der Waals surface area contributed by atoms with Crippen molar-refractivity contribution in [2.24, 2.45) is 0 Å². The van der Waals surface area contributed by atoms with E-state index in [4.69, 9.17) is 4.74 Å². The molecule has 0 aliphatic carbocycles. The quantitative estimate of drug-likeness (QED) is 0.478. The van der Waals surface area contributed by atoms with Crippen molar-refractivity contribution < 1.29 is 22.7 Å². The van der Waals surface area contributed by atoms with Crippen LogP contribution in [0.4, 0.5) is 16.2 Å². The van der Waals surface area contributed by atoms with Crippen molar-refractivity contribution in [3.05, 3.63) is 103 Å². The van der Waals surface area contributed by atoms with Gasteiger partial charge in [0.15, 0.2) is 0 Å². The lowest BCUT2D eigenvalue weighted by Crippen LogP contribution is -2.40.